The fourth-order valence-corrected chi connectivity index (χ4v) is 3.81. The molecule has 1 aliphatic carbocycles. The van der Waals surface area contributed by atoms with Crippen molar-refractivity contribution in [1.29, 1.82) is 0 Å². The van der Waals surface area contributed by atoms with E-state index in [9.17, 15) is 18.0 Å². The van der Waals surface area contributed by atoms with E-state index in [2.05, 4.69) is 15.6 Å². The van der Waals surface area contributed by atoms with Crippen molar-refractivity contribution >= 4 is 33.4 Å². The zero-order valence-electron chi connectivity index (χ0n) is 13.8. The fourth-order valence-electron chi connectivity index (χ4n) is 2.66. The van der Waals surface area contributed by atoms with Gasteiger partial charge in [0.05, 0.1) is 4.90 Å². The molecule has 0 bridgehead atoms. The number of hydrogen-bond donors (Lipinski definition) is 3. The molecule has 3 N–H and O–H groups in total. The highest BCUT2D eigenvalue weighted by Gasteiger charge is 2.21. The van der Waals surface area contributed by atoms with Crippen molar-refractivity contribution in [3.8, 4) is 0 Å². The second-order valence-electron chi connectivity index (χ2n) is 5.97. The van der Waals surface area contributed by atoms with E-state index in [4.69, 9.17) is 11.6 Å². The highest BCUT2D eigenvalue weighted by atomic mass is 35.5. The molecule has 2 amide bonds. The highest BCUT2D eigenvalue weighted by Crippen LogP contribution is 2.23. The van der Waals surface area contributed by atoms with Crippen molar-refractivity contribution < 1.29 is 18.0 Å². The van der Waals surface area contributed by atoms with E-state index >= 15 is 0 Å². The molecule has 0 radical (unpaired) electrons. The first-order valence-corrected chi connectivity index (χ1v) is 10.1. The van der Waals surface area contributed by atoms with E-state index in [1.54, 1.807) is 0 Å². The van der Waals surface area contributed by atoms with Crippen LogP contribution in [-0.4, -0.2) is 26.8 Å². The number of carbonyl (C=O) groups excluding carboxylic acids is 2. The number of sulfonamides is 1. The molecule has 7 nitrogen and oxygen atoms in total. The van der Waals surface area contributed by atoms with Crippen LogP contribution in [-0.2, 0) is 19.6 Å². The number of hydrazine groups is 1. The van der Waals surface area contributed by atoms with Gasteiger partial charge in [0.15, 0.2) is 0 Å². The summed E-state index contributed by atoms with van der Waals surface area (Å²) in [6, 6.07) is 5.72. The van der Waals surface area contributed by atoms with Gasteiger partial charge in [-0.3, -0.25) is 20.4 Å². The molecular formula is C16H22ClN3O4S. The topological polar surface area (TPSA) is 104 Å². The molecule has 1 aliphatic rings. The molecule has 2 rings (SSSR count). The van der Waals surface area contributed by atoms with Crippen molar-refractivity contribution in [2.75, 3.05) is 6.54 Å². The zero-order chi connectivity index (χ0) is 18.3. The van der Waals surface area contributed by atoms with Crippen LogP contribution in [0, 0.1) is 5.92 Å². The predicted octanol–water partition coefficient (Wildman–Crippen LogP) is 1.74. The smallest absolute Gasteiger partial charge is 0.241 e. The van der Waals surface area contributed by atoms with Crippen molar-refractivity contribution in [1.82, 2.24) is 15.6 Å². The van der Waals surface area contributed by atoms with Crippen LogP contribution in [0.4, 0.5) is 0 Å². The molecule has 0 spiro atoms. The van der Waals surface area contributed by atoms with E-state index in [-0.39, 0.29) is 29.7 Å². The molecule has 9 heteroatoms. The largest absolute Gasteiger partial charge is 0.273 e. The van der Waals surface area contributed by atoms with E-state index in [1.807, 2.05) is 0 Å². The minimum atomic E-state index is -3.70. The number of nitrogens with one attached hydrogen (secondary N) is 3. The first kappa shape index (κ1) is 19.7. The summed E-state index contributed by atoms with van der Waals surface area (Å²) >= 11 is 5.72. The van der Waals surface area contributed by atoms with E-state index in [0.717, 1.165) is 32.1 Å². The van der Waals surface area contributed by atoms with Gasteiger partial charge in [-0.15, -0.1) is 0 Å². The maximum Gasteiger partial charge on any atom is 0.241 e. The summed E-state index contributed by atoms with van der Waals surface area (Å²) in [5, 5.41) is 0.437. The summed E-state index contributed by atoms with van der Waals surface area (Å²) < 4.78 is 26.4. The average Bonchev–Trinajstić information content (AvgIpc) is 2.60. The number of amides is 2. The second-order valence-corrected chi connectivity index (χ2v) is 8.18. The van der Waals surface area contributed by atoms with Gasteiger partial charge in [-0.2, -0.15) is 0 Å². The van der Waals surface area contributed by atoms with Gasteiger partial charge in [0.25, 0.3) is 0 Å². The van der Waals surface area contributed by atoms with Gasteiger partial charge in [-0.25, -0.2) is 13.1 Å². The Morgan fingerprint density at radius 3 is 2.32 bits per heavy atom. The van der Waals surface area contributed by atoms with Crippen LogP contribution in [0.15, 0.2) is 29.2 Å². The van der Waals surface area contributed by atoms with Gasteiger partial charge in [-0.05, 0) is 37.1 Å². The molecule has 138 valence electrons. The minimum absolute atomic E-state index is 0.0579. The Hall–Kier alpha value is -1.64. The van der Waals surface area contributed by atoms with Crippen LogP contribution in [0.25, 0.3) is 0 Å². The molecule has 1 aromatic rings. The normalized spacial score (nSPS) is 15.6. The van der Waals surface area contributed by atoms with Crippen LogP contribution in [0.3, 0.4) is 0 Å². The molecule has 0 atom stereocenters. The summed E-state index contributed by atoms with van der Waals surface area (Å²) in [7, 11) is -3.70. The Morgan fingerprint density at radius 2 is 1.68 bits per heavy atom. The first-order chi connectivity index (χ1) is 11.9. The summed E-state index contributed by atoms with van der Waals surface area (Å²) in [4.78, 5) is 23.7. The Balaban J connectivity index is 1.71. The lowest BCUT2D eigenvalue weighted by Gasteiger charge is -2.20. The summed E-state index contributed by atoms with van der Waals surface area (Å²) in [5.41, 5.74) is 4.73. The molecule has 0 aliphatic heterocycles. The van der Waals surface area contributed by atoms with E-state index in [1.165, 1.54) is 24.3 Å². The van der Waals surface area contributed by atoms with Gasteiger partial charge in [0.1, 0.15) is 0 Å². The number of benzene rings is 1. The summed E-state index contributed by atoms with van der Waals surface area (Å²) in [6.45, 7) is -0.0733. The third kappa shape index (κ3) is 6.30. The molecule has 0 aromatic heterocycles. The molecule has 0 unspecified atom stereocenters. The summed E-state index contributed by atoms with van der Waals surface area (Å²) in [5.74, 6) is -0.699. The van der Waals surface area contributed by atoms with Crippen molar-refractivity contribution in [2.24, 2.45) is 5.92 Å². The molecule has 0 saturated heterocycles. The van der Waals surface area contributed by atoms with Crippen LogP contribution in [0.1, 0.15) is 38.5 Å². The van der Waals surface area contributed by atoms with E-state index in [0.29, 0.717) is 5.02 Å². The van der Waals surface area contributed by atoms with Crippen LogP contribution in [0.5, 0.6) is 0 Å². The maximum atomic E-state index is 12.0. The predicted molar refractivity (Wildman–Crippen MR) is 94.1 cm³/mol. The Kier molecular flexibility index (Phi) is 7.22. The molecule has 1 aromatic carbocycles. The summed E-state index contributed by atoms with van der Waals surface area (Å²) in [6.07, 6.45) is 4.78. The lowest BCUT2D eigenvalue weighted by Crippen LogP contribution is -2.45. The number of carbonyl (C=O) groups is 2. The molecule has 0 heterocycles. The van der Waals surface area contributed by atoms with Crippen LogP contribution in [0.2, 0.25) is 5.02 Å². The van der Waals surface area contributed by atoms with Gasteiger partial charge >= 0.3 is 0 Å². The Bertz CT molecular complexity index is 701. The first-order valence-electron chi connectivity index (χ1n) is 8.22. The fraction of sp³-hybridized carbons (Fsp3) is 0.500. The van der Waals surface area contributed by atoms with Gasteiger partial charge in [0, 0.05) is 23.9 Å². The van der Waals surface area contributed by atoms with Crippen molar-refractivity contribution in [2.45, 2.75) is 43.4 Å². The second kappa shape index (κ2) is 9.17. The standard InChI is InChI=1S/C16H22ClN3O4S/c17-13-6-8-14(9-7-13)25(23,24)18-11-10-15(21)19-20-16(22)12-4-2-1-3-5-12/h6-9,12,18H,1-5,10-11H2,(H,19,21)(H,20,22). The Morgan fingerprint density at radius 1 is 1.04 bits per heavy atom. The van der Waals surface area contributed by atoms with Gasteiger partial charge < -0.3 is 0 Å². The number of rotatable bonds is 6. The van der Waals surface area contributed by atoms with Crippen molar-refractivity contribution in [3.63, 3.8) is 0 Å². The average molecular weight is 388 g/mol. The van der Waals surface area contributed by atoms with Crippen molar-refractivity contribution in [3.05, 3.63) is 29.3 Å². The molecule has 1 fully saturated rings. The van der Waals surface area contributed by atoms with Gasteiger partial charge in [0.2, 0.25) is 21.8 Å². The lowest BCUT2D eigenvalue weighted by molar-refractivity contribution is -0.131. The van der Waals surface area contributed by atoms with E-state index < -0.39 is 15.9 Å². The maximum absolute atomic E-state index is 12.0. The quantitative estimate of drug-likeness (QED) is 0.646. The monoisotopic (exact) mass is 387 g/mol. The SMILES string of the molecule is O=C(CCNS(=O)(=O)c1ccc(Cl)cc1)NNC(=O)C1CCCCC1. The number of hydrogen-bond acceptors (Lipinski definition) is 4. The molecule has 1 saturated carbocycles. The van der Waals surface area contributed by atoms with Crippen LogP contribution < -0.4 is 15.6 Å². The van der Waals surface area contributed by atoms with Crippen LogP contribution >= 0.6 is 11.6 Å². The zero-order valence-corrected chi connectivity index (χ0v) is 15.3. The molecular weight excluding hydrogens is 366 g/mol. The minimum Gasteiger partial charge on any atom is -0.273 e. The third-order valence-electron chi connectivity index (χ3n) is 4.07. The van der Waals surface area contributed by atoms with Gasteiger partial charge in [-0.1, -0.05) is 30.9 Å². The highest BCUT2D eigenvalue weighted by molar-refractivity contribution is 7.89. The Labute approximate surface area is 152 Å². The molecule has 25 heavy (non-hydrogen) atoms. The number of halogens is 1. The lowest BCUT2D eigenvalue weighted by atomic mass is 9.89. The third-order valence-corrected chi connectivity index (χ3v) is 5.80.